The van der Waals surface area contributed by atoms with Crippen LogP contribution in [0.3, 0.4) is 0 Å². The topological polar surface area (TPSA) is 78.5 Å². The minimum absolute atomic E-state index is 0.0983. The molecule has 2 heterocycles. The summed E-state index contributed by atoms with van der Waals surface area (Å²) >= 11 is 1.60. The lowest BCUT2D eigenvalue weighted by Crippen LogP contribution is -2.53. The first-order valence-corrected chi connectivity index (χ1v) is 10.2. The van der Waals surface area contributed by atoms with Gasteiger partial charge in [0.25, 0.3) is 5.91 Å². The molecule has 0 bridgehead atoms. The Kier molecular flexibility index (Phi) is 4.65. The smallest absolute Gasteiger partial charge is 0.256 e. The highest BCUT2D eigenvalue weighted by molar-refractivity contribution is 7.99. The van der Waals surface area contributed by atoms with Crippen LogP contribution in [0.5, 0.6) is 0 Å². The Labute approximate surface area is 157 Å². The van der Waals surface area contributed by atoms with E-state index in [0.29, 0.717) is 11.3 Å². The van der Waals surface area contributed by atoms with Gasteiger partial charge < -0.3 is 15.5 Å². The molecule has 2 fully saturated rings. The number of carbonyl (C=O) groups is 3. The number of hydrogen-bond donors (Lipinski definition) is 2. The van der Waals surface area contributed by atoms with Crippen molar-refractivity contribution in [3.05, 3.63) is 35.4 Å². The van der Waals surface area contributed by atoms with Crippen LogP contribution in [-0.2, 0) is 9.59 Å². The largest absolute Gasteiger partial charge is 0.352 e. The third kappa shape index (κ3) is 2.98. The van der Waals surface area contributed by atoms with Crippen LogP contribution in [0.15, 0.2) is 24.3 Å². The molecule has 138 valence electrons. The maximum Gasteiger partial charge on any atom is 0.256 e. The van der Waals surface area contributed by atoms with Crippen molar-refractivity contribution in [1.29, 1.82) is 0 Å². The molecule has 1 aromatic rings. The normalized spacial score (nSPS) is 25.7. The summed E-state index contributed by atoms with van der Waals surface area (Å²) in [5, 5.41) is 5.70. The second kappa shape index (κ2) is 6.95. The maximum absolute atomic E-state index is 12.7. The number of hydrogen-bond acceptors (Lipinski definition) is 4. The Morgan fingerprint density at radius 2 is 1.96 bits per heavy atom. The number of fused-ring (bicyclic) bond motifs is 3. The third-order valence-corrected chi connectivity index (χ3v) is 6.75. The predicted octanol–water partition coefficient (Wildman–Crippen LogP) is 1.82. The van der Waals surface area contributed by atoms with E-state index in [1.165, 1.54) is 0 Å². The van der Waals surface area contributed by atoms with Crippen molar-refractivity contribution >= 4 is 29.5 Å². The number of thioether (sulfide) groups is 1. The highest BCUT2D eigenvalue weighted by Crippen LogP contribution is 2.48. The van der Waals surface area contributed by atoms with Gasteiger partial charge in [0.05, 0.1) is 0 Å². The Hall–Kier alpha value is -2.02. The zero-order valence-corrected chi connectivity index (χ0v) is 15.6. The first kappa shape index (κ1) is 17.4. The Balaban J connectivity index is 1.40. The monoisotopic (exact) mass is 373 g/mol. The van der Waals surface area contributed by atoms with Crippen molar-refractivity contribution in [2.24, 2.45) is 0 Å². The van der Waals surface area contributed by atoms with Crippen molar-refractivity contribution in [3.63, 3.8) is 0 Å². The second-order valence-corrected chi connectivity index (χ2v) is 8.33. The molecule has 0 radical (unpaired) electrons. The first-order valence-electron chi connectivity index (χ1n) is 9.20. The van der Waals surface area contributed by atoms with Gasteiger partial charge in [-0.3, -0.25) is 14.4 Å². The molecule has 1 saturated carbocycles. The van der Waals surface area contributed by atoms with Crippen molar-refractivity contribution in [1.82, 2.24) is 15.5 Å². The maximum atomic E-state index is 12.7. The summed E-state index contributed by atoms with van der Waals surface area (Å²) in [6.45, 7) is 1.70. The number of benzene rings is 1. The van der Waals surface area contributed by atoms with Crippen LogP contribution in [0.4, 0.5) is 0 Å². The van der Waals surface area contributed by atoms with Gasteiger partial charge >= 0.3 is 0 Å². The Morgan fingerprint density at radius 3 is 2.73 bits per heavy atom. The molecule has 1 aliphatic carbocycles. The van der Waals surface area contributed by atoms with Gasteiger partial charge in [-0.1, -0.05) is 31.0 Å². The summed E-state index contributed by atoms with van der Waals surface area (Å²) in [6, 6.07) is 6.60. The molecular formula is C19H23N3O3S. The van der Waals surface area contributed by atoms with E-state index in [9.17, 15) is 14.4 Å². The van der Waals surface area contributed by atoms with Crippen LogP contribution in [0.25, 0.3) is 0 Å². The van der Waals surface area contributed by atoms with Crippen molar-refractivity contribution < 1.29 is 14.4 Å². The minimum Gasteiger partial charge on any atom is -0.352 e. The summed E-state index contributed by atoms with van der Waals surface area (Å²) in [5.41, 5.74) is 1.65. The Bertz CT molecular complexity index is 747. The number of nitrogens with zero attached hydrogens (tertiary/aromatic N) is 1. The van der Waals surface area contributed by atoms with Crippen molar-refractivity contribution in [3.8, 4) is 0 Å². The van der Waals surface area contributed by atoms with E-state index in [2.05, 4.69) is 10.6 Å². The zero-order valence-electron chi connectivity index (χ0n) is 14.7. The van der Waals surface area contributed by atoms with Crippen LogP contribution >= 0.6 is 11.8 Å². The fraction of sp³-hybridized carbons (Fsp3) is 0.526. The van der Waals surface area contributed by atoms with E-state index in [1.54, 1.807) is 23.6 Å². The van der Waals surface area contributed by atoms with Gasteiger partial charge in [0.1, 0.15) is 17.5 Å². The standard InChI is InChI=1S/C19H23N3O3S/c1-11(16(23)21-12-6-2-3-7-12)20-17(24)15-10-26-19-14-9-5-4-8-13(14)18(25)22(15)19/h4-5,8-9,11-12,15,19H,2-3,6-7,10H2,1H3,(H,20,24)(H,21,23)/t11-,15-,19+/m0/s1. The number of nitrogens with one attached hydrogen (secondary N) is 2. The van der Waals surface area contributed by atoms with Crippen molar-refractivity contribution in [2.75, 3.05) is 5.75 Å². The van der Waals surface area contributed by atoms with E-state index in [0.717, 1.165) is 31.2 Å². The number of rotatable bonds is 4. The van der Waals surface area contributed by atoms with E-state index in [-0.39, 0.29) is 29.1 Å². The lowest BCUT2D eigenvalue weighted by molar-refractivity contribution is -0.130. The Morgan fingerprint density at radius 1 is 1.23 bits per heavy atom. The average molecular weight is 373 g/mol. The van der Waals surface area contributed by atoms with Crippen LogP contribution in [0.1, 0.15) is 53.9 Å². The molecular weight excluding hydrogens is 350 g/mol. The molecule has 3 aliphatic rings. The summed E-state index contributed by atoms with van der Waals surface area (Å²) < 4.78 is 0. The van der Waals surface area contributed by atoms with Crippen LogP contribution in [0, 0.1) is 0 Å². The van der Waals surface area contributed by atoms with Crippen LogP contribution in [0.2, 0.25) is 0 Å². The highest BCUT2D eigenvalue weighted by atomic mass is 32.2. The number of carbonyl (C=O) groups excluding carboxylic acids is 3. The molecule has 26 heavy (non-hydrogen) atoms. The van der Waals surface area contributed by atoms with Gasteiger partial charge in [0.15, 0.2) is 0 Å². The molecule has 2 aliphatic heterocycles. The lowest BCUT2D eigenvalue weighted by atomic mass is 10.1. The zero-order chi connectivity index (χ0) is 18.3. The average Bonchev–Trinajstić information content (AvgIpc) is 3.34. The van der Waals surface area contributed by atoms with Gasteiger partial charge in [-0.25, -0.2) is 0 Å². The SMILES string of the molecule is C[C@H](NC(=O)[C@@H]1CS[C@@H]2c3ccccc3C(=O)N21)C(=O)NC1CCCC1. The van der Waals surface area contributed by atoms with E-state index < -0.39 is 12.1 Å². The van der Waals surface area contributed by atoms with Gasteiger partial charge in [-0.05, 0) is 31.4 Å². The van der Waals surface area contributed by atoms with Crippen molar-refractivity contribution in [2.45, 2.75) is 56.1 Å². The molecule has 0 aromatic heterocycles. The molecule has 2 N–H and O–H groups in total. The summed E-state index contributed by atoms with van der Waals surface area (Å²) in [4.78, 5) is 39.4. The van der Waals surface area contributed by atoms with Gasteiger partial charge in [-0.15, -0.1) is 11.8 Å². The molecule has 7 heteroatoms. The number of amides is 3. The highest BCUT2D eigenvalue weighted by Gasteiger charge is 2.48. The van der Waals surface area contributed by atoms with Gasteiger partial charge in [0, 0.05) is 17.4 Å². The van der Waals surface area contributed by atoms with E-state index in [4.69, 9.17) is 0 Å². The lowest BCUT2D eigenvalue weighted by Gasteiger charge is -2.24. The van der Waals surface area contributed by atoms with Crippen LogP contribution < -0.4 is 10.6 Å². The predicted molar refractivity (Wildman–Crippen MR) is 99.6 cm³/mol. The van der Waals surface area contributed by atoms with Crippen LogP contribution in [-0.4, -0.2) is 46.5 Å². The molecule has 0 unspecified atom stereocenters. The summed E-state index contributed by atoms with van der Waals surface area (Å²) in [5.74, 6) is 0.0469. The fourth-order valence-electron chi connectivity index (χ4n) is 4.01. The van der Waals surface area contributed by atoms with Gasteiger partial charge in [-0.2, -0.15) is 0 Å². The molecule has 1 aromatic carbocycles. The van der Waals surface area contributed by atoms with E-state index >= 15 is 0 Å². The quantitative estimate of drug-likeness (QED) is 0.844. The molecule has 6 nitrogen and oxygen atoms in total. The molecule has 1 saturated heterocycles. The summed E-state index contributed by atoms with van der Waals surface area (Å²) in [7, 11) is 0. The first-order chi connectivity index (χ1) is 12.6. The van der Waals surface area contributed by atoms with E-state index in [1.807, 2.05) is 24.3 Å². The fourth-order valence-corrected chi connectivity index (χ4v) is 5.48. The van der Waals surface area contributed by atoms with Gasteiger partial charge in [0.2, 0.25) is 11.8 Å². The molecule has 3 amide bonds. The molecule has 4 rings (SSSR count). The minimum atomic E-state index is -0.604. The molecule has 3 atom stereocenters. The summed E-state index contributed by atoms with van der Waals surface area (Å²) in [6.07, 6.45) is 4.30. The molecule has 0 spiro atoms. The third-order valence-electron chi connectivity index (χ3n) is 5.45. The second-order valence-electron chi connectivity index (χ2n) is 7.22.